The van der Waals surface area contributed by atoms with Crippen molar-refractivity contribution in [3.05, 3.63) is 29.6 Å². The van der Waals surface area contributed by atoms with Gasteiger partial charge in [0.1, 0.15) is 22.3 Å². The minimum atomic E-state index is -3.88. The van der Waals surface area contributed by atoms with Gasteiger partial charge in [0.05, 0.1) is 0 Å². The van der Waals surface area contributed by atoms with Crippen molar-refractivity contribution in [2.45, 2.75) is 17.9 Å². The lowest BCUT2D eigenvalue weighted by Gasteiger charge is -2.16. The molecule has 1 saturated heterocycles. The van der Waals surface area contributed by atoms with Gasteiger partial charge < -0.3 is 5.73 Å². The monoisotopic (exact) mass is 283 g/mol. The van der Waals surface area contributed by atoms with Gasteiger partial charge in [-0.1, -0.05) is 13.0 Å². The molecule has 0 radical (unpaired) electrons. The maximum Gasteiger partial charge on any atom is 0.244 e. The first-order chi connectivity index (χ1) is 8.87. The number of benzene rings is 1. The molecule has 19 heavy (non-hydrogen) atoms. The standard InChI is InChI=1S/C12H14FN3O2S/c1-8-6-16(7-11(8)15)19(17,18)12-4-2-3-10(13)9(12)5-14/h2-4,8,11H,6-7,15H2,1H3. The number of halogens is 1. The van der Waals surface area contributed by atoms with Crippen molar-refractivity contribution in [1.82, 2.24) is 4.31 Å². The molecule has 0 aliphatic carbocycles. The lowest BCUT2D eigenvalue weighted by molar-refractivity contribution is 0.463. The Morgan fingerprint density at radius 1 is 1.47 bits per heavy atom. The molecule has 1 heterocycles. The second-order valence-corrected chi connectivity index (χ2v) is 6.59. The third-order valence-corrected chi connectivity index (χ3v) is 5.22. The van der Waals surface area contributed by atoms with E-state index in [0.717, 1.165) is 6.07 Å². The van der Waals surface area contributed by atoms with Gasteiger partial charge in [0, 0.05) is 19.1 Å². The zero-order valence-corrected chi connectivity index (χ0v) is 11.2. The van der Waals surface area contributed by atoms with E-state index < -0.39 is 21.4 Å². The molecule has 0 aromatic heterocycles. The molecule has 2 atom stereocenters. The minimum Gasteiger partial charge on any atom is -0.326 e. The molecule has 2 rings (SSSR count). The Labute approximate surface area is 111 Å². The van der Waals surface area contributed by atoms with Crippen molar-refractivity contribution in [2.75, 3.05) is 13.1 Å². The van der Waals surface area contributed by atoms with E-state index in [4.69, 9.17) is 11.0 Å². The van der Waals surface area contributed by atoms with Crippen LogP contribution in [0.1, 0.15) is 12.5 Å². The molecule has 7 heteroatoms. The summed E-state index contributed by atoms with van der Waals surface area (Å²) in [6.07, 6.45) is 0. The second kappa shape index (κ2) is 4.89. The fourth-order valence-corrected chi connectivity index (χ4v) is 3.84. The first-order valence-electron chi connectivity index (χ1n) is 5.82. The zero-order chi connectivity index (χ0) is 14.2. The van der Waals surface area contributed by atoms with Crippen molar-refractivity contribution in [3.63, 3.8) is 0 Å². The molecule has 0 bridgehead atoms. The van der Waals surface area contributed by atoms with Gasteiger partial charge in [-0.2, -0.15) is 9.57 Å². The lowest BCUT2D eigenvalue weighted by Crippen LogP contribution is -2.32. The Morgan fingerprint density at radius 3 is 2.68 bits per heavy atom. The summed E-state index contributed by atoms with van der Waals surface area (Å²) in [7, 11) is -3.88. The first-order valence-corrected chi connectivity index (χ1v) is 7.26. The Kier molecular flexibility index (Phi) is 3.58. The van der Waals surface area contributed by atoms with Crippen LogP contribution in [0.2, 0.25) is 0 Å². The van der Waals surface area contributed by atoms with Gasteiger partial charge in [0.15, 0.2) is 0 Å². The van der Waals surface area contributed by atoms with Gasteiger partial charge in [0.2, 0.25) is 10.0 Å². The number of rotatable bonds is 2. The summed E-state index contributed by atoms with van der Waals surface area (Å²) in [5.41, 5.74) is 5.35. The van der Waals surface area contributed by atoms with Crippen LogP contribution < -0.4 is 5.73 Å². The molecule has 1 aliphatic rings. The first kappa shape index (κ1) is 13.9. The van der Waals surface area contributed by atoms with Crippen molar-refractivity contribution in [1.29, 1.82) is 5.26 Å². The van der Waals surface area contributed by atoms with Crippen LogP contribution in [0.25, 0.3) is 0 Å². The summed E-state index contributed by atoms with van der Waals surface area (Å²) in [5, 5.41) is 8.91. The van der Waals surface area contributed by atoms with Crippen LogP contribution in [0, 0.1) is 23.1 Å². The lowest BCUT2D eigenvalue weighted by atomic mass is 10.1. The molecule has 0 saturated carbocycles. The SMILES string of the molecule is CC1CN(S(=O)(=O)c2cccc(F)c2C#N)CC1N. The highest BCUT2D eigenvalue weighted by Gasteiger charge is 2.36. The van der Waals surface area contributed by atoms with Gasteiger partial charge in [-0.15, -0.1) is 0 Å². The maximum atomic E-state index is 13.5. The van der Waals surface area contributed by atoms with Crippen LogP contribution in [0.15, 0.2) is 23.1 Å². The minimum absolute atomic E-state index is 0.0360. The highest BCUT2D eigenvalue weighted by Crippen LogP contribution is 2.26. The summed E-state index contributed by atoms with van der Waals surface area (Å²) in [6.45, 7) is 2.33. The van der Waals surface area contributed by atoms with Crippen molar-refractivity contribution in [3.8, 4) is 6.07 Å². The van der Waals surface area contributed by atoms with Crippen molar-refractivity contribution >= 4 is 10.0 Å². The quantitative estimate of drug-likeness (QED) is 0.864. The average molecular weight is 283 g/mol. The number of sulfonamides is 1. The van der Waals surface area contributed by atoms with E-state index >= 15 is 0 Å². The summed E-state index contributed by atoms with van der Waals surface area (Å²) in [5.74, 6) is -0.797. The summed E-state index contributed by atoms with van der Waals surface area (Å²) < 4.78 is 39.5. The van der Waals surface area contributed by atoms with Crippen LogP contribution in [0.4, 0.5) is 4.39 Å². The molecular weight excluding hydrogens is 269 g/mol. The fraction of sp³-hybridized carbons (Fsp3) is 0.417. The molecule has 2 unspecified atom stereocenters. The van der Waals surface area contributed by atoms with Gasteiger partial charge >= 0.3 is 0 Å². The van der Waals surface area contributed by atoms with Crippen LogP contribution in [-0.4, -0.2) is 31.9 Å². The van der Waals surface area contributed by atoms with Crippen molar-refractivity contribution < 1.29 is 12.8 Å². The Hall–Kier alpha value is -1.49. The van der Waals surface area contributed by atoms with E-state index in [2.05, 4.69) is 0 Å². The summed E-state index contributed by atoms with van der Waals surface area (Å²) in [4.78, 5) is -0.295. The van der Waals surface area contributed by atoms with E-state index in [-0.39, 0.29) is 29.9 Å². The summed E-state index contributed by atoms with van der Waals surface area (Å²) >= 11 is 0. The number of nitrogens with zero attached hydrogens (tertiary/aromatic N) is 2. The van der Waals surface area contributed by atoms with Gasteiger partial charge in [-0.3, -0.25) is 0 Å². The van der Waals surface area contributed by atoms with E-state index in [0.29, 0.717) is 0 Å². The number of nitrogens with two attached hydrogens (primary N) is 1. The van der Waals surface area contributed by atoms with E-state index in [1.165, 1.54) is 16.4 Å². The number of hydrogen-bond acceptors (Lipinski definition) is 4. The molecule has 1 aromatic rings. The Morgan fingerprint density at radius 2 is 2.16 bits per heavy atom. The number of nitriles is 1. The molecule has 1 fully saturated rings. The molecule has 0 spiro atoms. The third-order valence-electron chi connectivity index (χ3n) is 3.34. The van der Waals surface area contributed by atoms with Crippen LogP contribution in [0.3, 0.4) is 0 Å². The van der Waals surface area contributed by atoms with Gasteiger partial charge in [-0.05, 0) is 18.1 Å². The molecule has 0 amide bonds. The molecule has 1 aromatic carbocycles. The Balaban J connectivity index is 2.47. The van der Waals surface area contributed by atoms with E-state index in [9.17, 15) is 12.8 Å². The fourth-order valence-electron chi connectivity index (χ4n) is 2.11. The smallest absolute Gasteiger partial charge is 0.244 e. The largest absolute Gasteiger partial charge is 0.326 e. The third kappa shape index (κ3) is 2.34. The average Bonchev–Trinajstić information content (AvgIpc) is 2.70. The molecular formula is C12H14FN3O2S. The zero-order valence-electron chi connectivity index (χ0n) is 10.4. The van der Waals surface area contributed by atoms with Crippen molar-refractivity contribution in [2.24, 2.45) is 11.7 Å². The van der Waals surface area contributed by atoms with E-state index in [1.54, 1.807) is 6.07 Å². The second-order valence-electron chi connectivity index (χ2n) is 4.69. The Bertz CT molecular complexity index is 629. The van der Waals surface area contributed by atoms with Crippen LogP contribution in [-0.2, 0) is 10.0 Å². The normalized spacial score (nSPS) is 24.3. The molecule has 102 valence electrons. The van der Waals surface area contributed by atoms with Crippen LogP contribution >= 0.6 is 0 Å². The number of hydrogen-bond donors (Lipinski definition) is 1. The summed E-state index contributed by atoms with van der Waals surface area (Å²) in [6, 6.07) is 4.95. The van der Waals surface area contributed by atoms with Crippen LogP contribution in [0.5, 0.6) is 0 Å². The molecule has 1 aliphatic heterocycles. The molecule has 2 N–H and O–H groups in total. The topological polar surface area (TPSA) is 87.2 Å². The van der Waals surface area contributed by atoms with E-state index in [1.807, 2.05) is 6.92 Å². The maximum absolute atomic E-state index is 13.5. The molecule has 5 nitrogen and oxygen atoms in total. The highest BCUT2D eigenvalue weighted by molar-refractivity contribution is 7.89. The predicted molar refractivity (Wildman–Crippen MR) is 67.0 cm³/mol. The highest BCUT2D eigenvalue weighted by atomic mass is 32.2. The predicted octanol–water partition coefficient (Wildman–Crippen LogP) is 0.665. The van der Waals surface area contributed by atoms with Gasteiger partial charge in [-0.25, -0.2) is 12.8 Å². The van der Waals surface area contributed by atoms with Gasteiger partial charge in [0.25, 0.3) is 0 Å².